The molecule has 1 saturated heterocycles. The molecule has 1 aromatic heterocycles. The molecule has 6 nitrogen and oxygen atoms in total. The molecule has 33 heavy (non-hydrogen) atoms. The molecule has 0 bridgehead atoms. The fourth-order valence-corrected chi connectivity index (χ4v) is 4.68. The molecular weight excluding hydrogens is 414 g/mol. The number of esters is 1. The van der Waals surface area contributed by atoms with Gasteiger partial charge in [-0.3, -0.25) is 14.7 Å². The minimum absolute atomic E-state index is 0.0597. The number of pyridine rings is 1. The van der Waals surface area contributed by atoms with Gasteiger partial charge >= 0.3 is 5.97 Å². The van der Waals surface area contributed by atoms with Crippen LogP contribution in [0.1, 0.15) is 40.1 Å². The van der Waals surface area contributed by atoms with Crippen LogP contribution in [-0.4, -0.2) is 58.9 Å². The molecule has 0 spiro atoms. The van der Waals surface area contributed by atoms with Crippen LogP contribution in [0, 0.1) is 0 Å². The number of hydrogen-bond acceptors (Lipinski definition) is 5. The number of piperazine rings is 1. The molecule has 0 aliphatic carbocycles. The first-order chi connectivity index (χ1) is 16.0. The number of rotatable bonds is 5. The van der Waals surface area contributed by atoms with E-state index in [1.165, 1.54) is 7.11 Å². The third-order valence-corrected chi connectivity index (χ3v) is 6.16. The zero-order chi connectivity index (χ0) is 23.4. The molecule has 0 unspecified atom stereocenters. The number of ether oxygens (including phenoxy) is 1. The van der Waals surface area contributed by atoms with Crippen LogP contribution < -0.4 is 0 Å². The second kappa shape index (κ2) is 9.96. The predicted molar refractivity (Wildman–Crippen MR) is 128 cm³/mol. The number of benzene rings is 2. The maximum atomic E-state index is 13.7. The van der Waals surface area contributed by atoms with Crippen LogP contribution in [0.2, 0.25) is 0 Å². The minimum atomic E-state index is -0.331. The third kappa shape index (κ3) is 4.96. The Labute approximate surface area is 194 Å². The zero-order valence-electron chi connectivity index (χ0n) is 19.3. The van der Waals surface area contributed by atoms with Crippen molar-refractivity contribution in [2.75, 3.05) is 20.2 Å². The van der Waals surface area contributed by atoms with Gasteiger partial charge in [0.1, 0.15) is 0 Å². The maximum absolute atomic E-state index is 13.7. The fraction of sp³-hybridized carbons (Fsp3) is 0.296. The van der Waals surface area contributed by atoms with Gasteiger partial charge in [0.25, 0.3) is 5.91 Å². The van der Waals surface area contributed by atoms with E-state index in [1.54, 1.807) is 24.5 Å². The van der Waals surface area contributed by atoms with Gasteiger partial charge in [-0.2, -0.15) is 0 Å². The molecule has 2 aromatic carbocycles. The van der Waals surface area contributed by atoms with Crippen LogP contribution in [-0.2, 0) is 11.3 Å². The van der Waals surface area contributed by atoms with Crippen LogP contribution >= 0.6 is 0 Å². The Morgan fingerprint density at radius 1 is 0.939 bits per heavy atom. The summed E-state index contributed by atoms with van der Waals surface area (Å²) >= 11 is 0. The van der Waals surface area contributed by atoms with Gasteiger partial charge in [0.15, 0.2) is 0 Å². The summed E-state index contributed by atoms with van der Waals surface area (Å²) in [5.41, 5.74) is 4.31. The lowest BCUT2D eigenvalue weighted by molar-refractivity contribution is 0.0269. The van der Waals surface area contributed by atoms with E-state index in [9.17, 15) is 9.59 Å². The Bertz CT molecular complexity index is 1100. The first-order valence-electron chi connectivity index (χ1n) is 11.2. The number of hydrogen-bond donors (Lipinski definition) is 0. The highest BCUT2D eigenvalue weighted by atomic mass is 16.5. The van der Waals surface area contributed by atoms with E-state index in [0.717, 1.165) is 36.3 Å². The molecule has 2 atom stereocenters. The molecule has 2 heterocycles. The van der Waals surface area contributed by atoms with Crippen molar-refractivity contribution in [2.45, 2.75) is 32.5 Å². The van der Waals surface area contributed by atoms with Gasteiger partial charge in [-0.25, -0.2) is 4.79 Å². The number of carbonyl (C=O) groups excluding carboxylic acids is 2. The van der Waals surface area contributed by atoms with Gasteiger partial charge in [0.05, 0.1) is 12.7 Å². The van der Waals surface area contributed by atoms with Gasteiger partial charge < -0.3 is 9.64 Å². The van der Waals surface area contributed by atoms with Crippen LogP contribution in [0.4, 0.5) is 0 Å². The second-order valence-electron chi connectivity index (χ2n) is 8.57. The molecule has 1 amide bonds. The first-order valence-corrected chi connectivity index (χ1v) is 11.2. The molecule has 0 saturated carbocycles. The number of methoxy groups -OCH3 is 1. The highest BCUT2D eigenvalue weighted by molar-refractivity contribution is 6.01. The fourth-order valence-electron chi connectivity index (χ4n) is 4.68. The SMILES string of the molecule is COC(=O)c1ccc(CN2C[C@@H](C)N(C(=O)c3ccccc3-c3ccncc3)[C@@H](C)C2)cc1. The number of carbonyl (C=O) groups is 2. The Hall–Kier alpha value is -3.51. The summed E-state index contributed by atoms with van der Waals surface area (Å²) in [7, 11) is 1.38. The highest BCUT2D eigenvalue weighted by Crippen LogP contribution is 2.27. The van der Waals surface area contributed by atoms with Crippen LogP contribution in [0.25, 0.3) is 11.1 Å². The molecule has 0 radical (unpaired) electrons. The number of amides is 1. The summed E-state index contributed by atoms with van der Waals surface area (Å²) in [6, 6.07) is 19.3. The third-order valence-electron chi connectivity index (χ3n) is 6.16. The molecular formula is C27H29N3O3. The van der Waals surface area contributed by atoms with E-state index in [4.69, 9.17) is 4.74 Å². The highest BCUT2D eigenvalue weighted by Gasteiger charge is 2.34. The van der Waals surface area contributed by atoms with Gasteiger partial charge in [0.2, 0.25) is 0 Å². The van der Waals surface area contributed by atoms with Crippen molar-refractivity contribution in [3.05, 3.63) is 89.7 Å². The van der Waals surface area contributed by atoms with Crippen molar-refractivity contribution in [3.63, 3.8) is 0 Å². The Morgan fingerprint density at radius 3 is 2.21 bits per heavy atom. The van der Waals surface area contributed by atoms with Crippen molar-refractivity contribution in [2.24, 2.45) is 0 Å². The lowest BCUT2D eigenvalue weighted by Crippen LogP contribution is -2.58. The quantitative estimate of drug-likeness (QED) is 0.551. The van der Waals surface area contributed by atoms with E-state index in [-0.39, 0.29) is 24.0 Å². The van der Waals surface area contributed by atoms with Gasteiger partial charge in [-0.1, -0.05) is 30.3 Å². The summed E-state index contributed by atoms with van der Waals surface area (Å²) in [5.74, 6) is -0.271. The van der Waals surface area contributed by atoms with Crippen molar-refractivity contribution in [1.29, 1.82) is 0 Å². The Kier molecular flexibility index (Phi) is 6.84. The largest absolute Gasteiger partial charge is 0.465 e. The lowest BCUT2D eigenvalue weighted by atomic mass is 9.97. The van der Waals surface area contributed by atoms with E-state index in [0.29, 0.717) is 11.1 Å². The smallest absolute Gasteiger partial charge is 0.337 e. The zero-order valence-corrected chi connectivity index (χ0v) is 19.3. The minimum Gasteiger partial charge on any atom is -0.465 e. The summed E-state index contributed by atoms with van der Waals surface area (Å²) in [6.07, 6.45) is 3.50. The molecule has 1 fully saturated rings. The van der Waals surface area contributed by atoms with E-state index < -0.39 is 0 Å². The van der Waals surface area contributed by atoms with Gasteiger partial charge in [-0.15, -0.1) is 0 Å². The maximum Gasteiger partial charge on any atom is 0.337 e. The van der Waals surface area contributed by atoms with Crippen LogP contribution in [0.15, 0.2) is 73.1 Å². The average Bonchev–Trinajstić information content (AvgIpc) is 2.84. The summed E-state index contributed by atoms with van der Waals surface area (Å²) < 4.78 is 4.77. The Morgan fingerprint density at radius 2 is 1.58 bits per heavy atom. The lowest BCUT2D eigenvalue weighted by Gasteiger charge is -2.44. The second-order valence-corrected chi connectivity index (χ2v) is 8.57. The monoisotopic (exact) mass is 443 g/mol. The Balaban J connectivity index is 1.48. The molecule has 1 aliphatic rings. The van der Waals surface area contributed by atoms with Crippen LogP contribution in [0.3, 0.4) is 0 Å². The number of nitrogens with zero attached hydrogens (tertiary/aromatic N) is 3. The van der Waals surface area contributed by atoms with E-state index in [1.807, 2.05) is 53.4 Å². The summed E-state index contributed by atoms with van der Waals surface area (Å²) in [4.78, 5) is 33.8. The van der Waals surface area contributed by atoms with Crippen molar-refractivity contribution < 1.29 is 14.3 Å². The summed E-state index contributed by atoms with van der Waals surface area (Å²) in [5, 5.41) is 0. The molecule has 3 aromatic rings. The molecule has 6 heteroatoms. The van der Waals surface area contributed by atoms with Gasteiger partial charge in [0, 0.05) is 49.7 Å². The molecule has 4 rings (SSSR count). The first kappa shape index (κ1) is 22.7. The topological polar surface area (TPSA) is 62.7 Å². The number of aromatic nitrogens is 1. The van der Waals surface area contributed by atoms with Crippen molar-refractivity contribution in [3.8, 4) is 11.1 Å². The average molecular weight is 444 g/mol. The molecule has 1 aliphatic heterocycles. The predicted octanol–water partition coefficient (Wildman–Crippen LogP) is 4.27. The normalized spacial score (nSPS) is 18.7. The van der Waals surface area contributed by atoms with Gasteiger partial charge in [-0.05, 0) is 60.9 Å². The van der Waals surface area contributed by atoms with E-state index in [2.05, 4.69) is 23.7 Å². The van der Waals surface area contributed by atoms with Crippen molar-refractivity contribution in [1.82, 2.24) is 14.8 Å². The molecule has 0 N–H and O–H groups in total. The van der Waals surface area contributed by atoms with Crippen molar-refractivity contribution >= 4 is 11.9 Å². The standard InChI is InChI=1S/C27H29N3O3/c1-19-16-29(18-21-8-10-23(11-9-21)27(32)33-3)17-20(2)30(19)26(31)25-7-5-4-6-24(25)22-12-14-28-15-13-22/h4-15,19-20H,16-18H2,1-3H3/t19-,20+. The summed E-state index contributed by atoms with van der Waals surface area (Å²) in [6.45, 7) is 6.55. The molecule has 170 valence electrons. The van der Waals surface area contributed by atoms with E-state index >= 15 is 0 Å². The van der Waals surface area contributed by atoms with Crippen LogP contribution in [0.5, 0.6) is 0 Å².